The van der Waals surface area contributed by atoms with Gasteiger partial charge in [-0.1, -0.05) is 24.3 Å². The molecule has 0 bridgehead atoms. The van der Waals surface area contributed by atoms with Gasteiger partial charge < -0.3 is 5.32 Å². The summed E-state index contributed by atoms with van der Waals surface area (Å²) in [7, 11) is -3.05. The smallest absolute Gasteiger partial charge is 0.161 e. The van der Waals surface area contributed by atoms with Gasteiger partial charge in [0.1, 0.15) is 0 Å². The molecule has 0 saturated heterocycles. The van der Waals surface area contributed by atoms with Gasteiger partial charge in [0.25, 0.3) is 0 Å². The van der Waals surface area contributed by atoms with Crippen molar-refractivity contribution < 1.29 is 13.2 Å². The quantitative estimate of drug-likeness (QED) is 0.816. The molecule has 0 atom stereocenters. The number of anilines is 1. The Morgan fingerprint density at radius 1 is 1.12 bits per heavy atom. The molecule has 24 heavy (non-hydrogen) atoms. The molecule has 0 aromatic heterocycles. The number of benzene rings is 2. The Kier molecular flexibility index (Phi) is 5.37. The second kappa shape index (κ2) is 7.28. The molecule has 0 spiro atoms. The van der Waals surface area contributed by atoms with E-state index in [9.17, 15) is 13.2 Å². The molecule has 5 nitrogen and oxygen atoms in total. The van der Waals surface area contributed by atoms with Gasteiger partial charge in [-0.2, -0.15) is 5.26 Å². The molecule has 0 aliphatic heterocycles. The van der Waals surface area contributed by atoms with Crippen LogP contribution in [0.25, 0.3) is 0 Å². The molecule has 0 aliphatic rings. The lowest BCUT2D eigenvalue weighted by molar-refractivity contribution is 0.101. The summed E-state index contributed by atoms with van der Waals surface area (Å²) in [6, 6.07) is 14.2. The fraction of sp³-hybridized carbons (Fsp3) is 0.222. The molecule has 0 fully saturated rings. The van der Waals surface area contributed by atoms with Gasteiger partial charge >= 0.3 is 0 Å². The number of hydrogen-bond donors (Lipinski definition) is 1. The summed E-state index contributed by atoms with van der Waals surface area (Å²) < 4.78 is 22.6. The number of sulfone groups is 1. The second-order valence-corrected chi connectivity index (χ2v) is 7.81. The van der Waals surface area contributed by atoms with Crippen molar-refractivity contribution in [1.29, 1.82) is 5.26 Å². The third-order valence-corrected chi connectivity index (χ3v) is 4.32. The highest BCUT2D eigenvalue weighted by Crippen LogP contribution is 2.19. The average molecular weight is 342 g/mol. The van der Waals surface area contributed by atoms with Crippen LogP contribution in [0.15, 0.2) is 42.5 Å². The summed E-state index contributed by atoms with van der Waals surface area (Å²) in [6.45, 7) is 1.95. The van der Waals surface area contributed by atoms with E-state index in [1.807, 2.05) is 12.1 Å². The molecule has 124 valence electrons. The minimum atomic E-state index is -3.05. The third-order valence-electron chi connectivity index (χ3n) is 3.46. The third kappa shape index (κ3) is 4.93. The summed E-state index contributed by atoms with van der Waals surface area (Å²) >= 11 is 0. The van der Waals surface area contributed by atoms with Crippen LogP contribution in [0.5, 0.6) is 0 Å². The van der Waals surface area contributed by atoms with Crippen LogP contribution < -0.4 is 5.32 Å². The SMILES string of the molecule is CC(=O)c1ccc(C#N)cc1NCc1ccc(CS(C)(=O)=O)cc1. The lowest BCUT2D eigenvalue weighted by Gasteiger charge is -2.11. The monoisotopic (exact) mass is 342 g/mol. The molecule has 2 aromatic carbocycles. The summed E-state index contributed by atoms with van der Waals surface area (Å²) in [6.07, 6.45) is 1.20. The Labute approximate surface area is 141 Å². The van der Waals surface area contributed by atoms with E-state index in [1.54, 1.807) is 30.3 Å². The number of nitriles is 1. The topological polar surface area (TPSA) is 87.0 Å². The number of nitrogens with one attached hydrogen (secondary N) is 1. The van der Waals surface area contributed by atoms with Crippen molar-refractivity contribution in [2.45, 2.75) is 19.2 Å². The molecule has 0 aliphatic carbocycles. The number of nitrogens with zero attached hydrogens (tertiary/aromatic N) is 1. The van der Waals surface area contributed by atoms with E-state index in [0.29, 0.717) is 23.4 Å². The van der Waals surface area contributed by atoms with Crippen LogP contribution in [0, 0.1) is 11.3 Å². The summed E-state index contributed by atoms with van der Waals surface area (Å²) in [5.74, 6) is -0.0649. The van der Waals surface area contributed by atoms with Crippen LogP contribution in [0.1, 0.15) is 34.0 Å². The summed E-state index contributed by atoms with van der Waals surface area (Å²) in [4.78, 5) is 11.7. The van der Waals surface area contributed by atoms with Gasteiger partial charge in [0.05, 0.1) is 17.4 Å². The van der Waals surface area contributed by atoms with E-state index in [-0.39, 0.29) is 11.5 Å². The van der Waals surface area contributed by atoms with Gasteiger partial charge in [-0.15, -0.1) is 0 Å². The van der Waals surface area contributed by atoms with E-state index in [0.717, 1.165) is 11.1 Å². The van der Waals surface area contributed by atoms with Crippen molar-refractivity contribution in [2.75, 3.05) is 11.6 Å². The van der Waals surface area contributed by atoms with Gasteiger partial charge in [0.15, 0.2) is 15.6 Å². The number of ketones is 1. The van der Waals surface area contributed by atoms with E-state index in [1.165, 1.54) is 13.2 Å². The standard InChI is InChI=1S/C18H18N2O3S/c1-13(21)17-8-7-16(10-19)9-18(17)20-11-14-3-5-15(6-4-14)12-24(2,22)23/h3-9,20H,11-12H2,1-2H3. The van der Waals surface area contributed by atoms with Crippen molar-refractivity contribution in [1.82, 2.24) is 0 Å². The zero-order valence-electron chi connectivity index (χ0n) is 13.5. The van der Waals surface area contributed by atoms with Crippen molar-refractivity contribution in [2.24, 2.45) is 0 Å². The first kappa shape index (κ1) is 17.7. The Morgan fingerprint density at radius 3 is 2.29 bits per heavy atom. The molecular weight excluding hydrogens is 324 g/mol. The molecule has 0 heterocycles. The fourth-order valence-electron chi connectivity index (χ4n) is 2.32. The van der Waals surface area contributed by atoms with Crippen molar-refractivity contribution in [3.8, 4) is 6.07 Å². The number of hydrogen-bond acceptors (Lipinski definition) is 5. The highest BCUT2D eigenvalue weighted by molar-refractivity contribution is 7.89. The predicted molar refractivity (Wildman–Crippen MR) is 93.5 cm³/mol. The Balaban J connectivity index is 2.13. The van der Waals surface area contributed by atoms with Gasteiger partial charge in [0.2, 0.25) is 0 Å². The maximum absolute atomic E-state index is 11.7. The minimum Gasteiger partial charge on any atom is -0.380 e. The highest BCUT2D eigenvalue weighted by Gasteiger charge is 2.09. The van der Waals surface area contributed by atoms with Crippen LogP contribution in [0.4, 0.5) is 5.69 Å². The van der Waals surface area contributed by atoms with E-state index >= 15 is 0 Å². The largest absolute Gasteiger partial charge is 0.380 e. The molecule has 2 aromatic rings. The molecule has 1 N–H and O–H groups in total. The molecule has 0 saturated carbocycles. The zero-order chi connectivity index (χ0) is 17.7. The van der Waals surface area contributed by atoms with Gasteiger partial charge in [-0.05, 0) is 36.2 Å². The Hall–Kier alpha value is -2.65. The molecule has 0 amide bonds. The minimum absolute atomic E-state index is 0.0133. The van der Waals surface area contributed by atoms with Crippen molar-refractivity contribution >= 4 is 21.3 Å². The van der Waals surface area contributed by atoms with Gasteiger partial charge in [0, 0.05) is 24.1 Å². The van der Waals surface area contributed by atoms with Crippen LogP contribution in [-0.2, 0) is 22.1 Å². The van der Waals surface area contributed by atoms with Crippen molar-refractivity contribution in [3.05, 3.63) is 64.7 Å². The summed E-state index contributed by atoms with van der Waals surface area (Å²) in [5.41, 5.74) is 3.30. The number of Topliss-reactive ketones (excluding diaryl/α,β-unsaturated/α-hetero) is 1. The predicted octanol–water partition coefficient (Wildman–Crippen LogP) is 2.92. The molecular formula is C18H18N2O3S. The van der Waals surface area contributed by atoms with Crippen LogP contribution in [0.2, 0.25) is 0 Å². The number of carbonyl (C=O) groups excluding carboxylic acids is 1. The first-order valence-electron chi connectivity index (χ1n) is 7.33. The number of carbonyl (C=O) groups is 1. The van der Waals surface area contributed by atoms with E-state index in [4.69, 9.17) is 5.26 Å². The average Bonchev–Trinajstić information content (AvgIpc) is 2.52. The first-order valence-corrected chi connectivity index (χ1v) is 9.39. The first-order chi connectivity index (χ1) is 11.3. The van der Waals surface area contributed by atoms with Crippen molar-refractivity contribution in [3.63, 3.8) is 0 Å². The maximum Gasteiger partial charge on any atom is 0.161 e. The van der Waals surface area contributed by atoms with Gasteiger partial charge in [-0.25, -0.2) is 8.42 Å². The fourth-order valence-corrected chi connectivity index (χ4v) is 3.12. The molecule has 6 heteroatoms. The van der Waals surface area contributed by atoms with Crippen LogP contribution in [-0.4, -0.2) is 20.5 Å². The Morgan fingerprint density at radius 2 is 1.75 bits per heavy atom. The number of rotatable bonds is 6. The van der Waals surface area contributed by atoms with E-state index < -0.39 is 9.84 Å². The lowest BCUT2D eigenvalue weighted by atomic mass is 10.1. The lowest BCUT2D eigenvalue weighted by Crippen LogP contribution is -2.06. The van der Waals surface area contributed by atoms with Crippen LogP contribution in [0.3, 0.4) is 0 Å². The van der Waals surface area contributed by atoms with E-state index in [2.05, 4.69) is 11.4 Å². The molecule has 0 radical (unpaired) electrons. The second-order valence-electron chi connectivity index (χ2n) is 5.67. The Bertz CT molecular complexity index is 895. The van der Waals surface area contributed by atoms with Crippen LogP contribution >= 0.6 is 0 Å². The highest BCUT2D eigenvalue weighted by atomic mass is 32.2. The molecule has 2 rings (SSSR count). The maximum atomic E-state index is 11.7. The zero-order valence-corrected chi connectivity index (χ0v) is 14.4. The van der Waals surface area contributed by atoms with Gasteiger partial charge in [-0.3, -0.25) is 4.79 Å². The summed E-state index contributed by atoms with van der Waals surface area (Å²) in [5, 5.41) is 12.2. The normalized spacial score (nSPS) is 10.9. The molecule has 0 unspecified atom stereocenters.